The Kier molecular flexibility index (Phi) is 6.21. The molecule has 0 unspecified atom stereocenters. The van der Waals surface area contributed by atoms with Crippen LogP contribution < -0.4 is 10.6 Å². The van der Waals surface area contributed by atoms with Crippen LogP contribution in [0.1, 0.15) is 18.9 Å². The summed E-state index contributed by atoms with van der Waals surface area (Å²) >= 11 is 0. The summed E-state index contributed by atoms with van der Waals surface area (Å²) in [6, 6.07) is 5.25. The average molecular weight is 370 g/mol. The first kappa shape index (κ1) is 19.3. The van der Waals surface area contributed by atoms with Crippen LogP contribution >= 0.6 is 0 Å². The zero-order valence-corrected chi connectivity index (χ0v) is 13.8. The monoisotopic (exact) mass is 370 g/mol. The number of halogens is 3. The molecule has 0 saturated heterocycles. The van der Waals surface area contributed by atoms with E-state index in [1.54, 1.807) is 6.92 Å². The Balaban J connectivity index is 2.08. The first-order valence-corrected chi connectivity index (χ1v) is 7.73. The predicted octanol–water partition coefficient (Wildman–Crippen LogP) is 3.58. The molecule has 0 spiro atoms. The molecule has 0 aliphatic rings. The van der Waals surface area contributed by atoms with Gasteiger partial charge in [-0.15, -0.1) is 0 Å². The van der Waals surface area contributed by atoms with E-state index in [2.05, 4.69) is 20.3 Å². The van der Waals surface area contributed by atoms with Gasteiger partial charge >= 0.3 is 12.2 Å². The van der Waals surface area contributed by atoms with E-state index >= 15 is 0 Å². The zero-order valence-electron chi connectivity index (χ0n) is 13.8. The fourth-order valence-corrected chi connectivity index (χ4v) is 2.19. The zero-order chi connectivity index (χ0) is 19.2. The topological polar surface area (TPSA) is 87.5 Å². The minimum Gasteiger partial charge on any atom is -0.363 e. The SMILES string of the molecule is CCCN(CC(=O)Nc1ccon1)C(=O)Nc1ccccc1C(F)(F)F. The fourth-order valence-electron chi connectivity index (χ4n) is 2.19. The van der Waals surface area contributed by atoms with E-state index in [0.717, 1.165) is 17.0 Å². The Morgan fingerprint density at radius 3 is 2.54 bits per heavy atom. The van der Waals surface area contributed by atoms with Crippen molar-refractivity contribution in [2.75, 3.05) is 23.7 Å². The van der Waals surface area contributed by atoms with Gasteiger partial charge in [-0.25, -0.2) is 4.79 Å². The van der Waals surface area contributed by atoms with Crippen LogP contribution in [0.3, 0.4) is 0 Å². The van der Waals surface area contributed by atoms with Gasteiger partial charge in [0.2, 0.25) is 5.91 Å². The first-order valence-electron chi connectivity index (χ1n) is 7.73. The highest BCUT2D eigenvalue weighted by atomic mass is 19.4. The van der Waals surface area contributed by atoms with Crippen molar-refractivity contribution in [1.29, 1.82) is 0 Å². The molecule has 2 rings (SSSR count). The van der Waals surface area contributed by atoms with Crippen molar-refractivity contribution in [3.05, 3.63) is 42.2 Å². The van der Waals surface area contributed by atoms with E-state index in [4.69, 9.17) is 0 Å². The van der Waals surface area contributed by atoms with E-state index in [0.29, 0.717) is 6.42 Å². The van der Waals surface area contributed by atoms with Crippen LogP contribution in [0.5, 0.6) is 0 Å². The Bertz CT molecular complexity index is 747. The number of carbonyl (C=O) groups excluding carboxylic acids is 2. The molecule has 10 heteroatoms. The number of hydrogen-bond donors (Lipinski definition) is 2. The van der Waals surface area contributed by atoms with Gasteiger partial charge in [0.25, 0.3) is 0 Å². The van der Waals surface area contributed by atoms with Crippen LogP contribution in [-0.2, 0) is 11.0 Å². The Morgan fingerprint density at radius 2 is 1.92 bits per heavy atom. The van der Waals surface area contributed by atoms with E-state index in [9.17, 15) is 22.8 Å². The summed E-state index contributed by atoms with van der Waals surface area (Å²) in [5.74, 6) is -0.374. The number of urea groups is 1. The number of para-hydroxylation sites is 1. The maximum atomic E-state index is 13.0. The summed E-state index contributed by atoms with van der Waals surface area (Å²) in [5.41, 5.74) is -1.33. The summed E-state index contributed by atoms with van der Waals surface area (Å²) in [4.78, 5) is 25.5. The molecule has 0 fully saturated rings. The molecule has 1 aromatic heterocycles. The molecule has 1 aromatic carbocycles. The van der Waals surface area contributed by atoms with Gasteiger partial charge in [0.05, 0.1) is 11.3 Å². The van der Waals surface area contributed by atoms with E-state index in [1.807, 2.05) is 0 Å². The van der Waals surface area contributed by atoms with E-state index in [-0.39, 0.29) is 24.6 Å². The Morgan fingerprint density at radius 1 is 1.19 bits per heavy atom. The number of nitrogens with one attached hydrogen (secondary N) is 2. The number of nitrogens with zero attached hydrogens (tertiary/aromatic N) is 2. The molecular weight excluding hydrogens is 353 g/mol. The predicted molar refractivity (Wildman–Crippen MR) is 87.5 cm³/mol. The maximum absolute atomic E-state index is 13.0. The summed E-state index contributed by atoms with van der Waals surface area (Å²) in [5, 5.41) is 8.15. The first-order chi connectivity index (χ1) is 12.3. The maximum Gasteiger partial charge on any atom is 0.418 e. The normalized spacial score (nSPS) is 11.1. The van der Waals surface area contributed by atoms with Crippen molar-refractivity contribution < 1.29 is 27.3 Å². The highest BCUT2D eigenvalue weighted by molar-refractivity contribution is 5.96. The molecule has 3 amide bonds. The molecule has 0 atom stereocenters. The van der Waals surface area contributed by atoms with Gasteiger partial charge in [0.15, 0.2) is 5.82 Å². The minimum absolute atomic E-state index is 0.175. The molecule has 2 N–H and O–H groups in total. The third-order valence-corrected chi connectivity index (χ3v) is 3.29. The molecule has 26 heavy (non-hydrogen) atoms. The Hall–Kier alpha value is -3.04. The van der Waals surface area contributed by atoms with Crippen LogP contribution in [-0.4, -0.2) is 35.1 Å². The Labute approximate surface area is 147 Å². The van der Waals surface area contributed by atoms with Crippen molar-refractivity contribution in [2.24, 2.45) is 0 Å². The van der Waals surface area contributed by atoms with Crippen molar-refractivity contribution in [3.8, 4) is 0 Å². The van der Waals surface area contributed by atoms with Crippen LogP contribution in [0.25, 0.3) is 0 Å². The molecule has 0 aliphatic carbocycles. The number of alkyl halides is 3. The summed E-state index contributed by atoms with van der Waals surface area (Å²) < 4.78 is 43.6. The van der Waals surface area contributed by atoms with Crippen molar-refractivity contribution in [1.82, 2.24) is 10.1 Å². The molecule has 0 bridgehead atoms. The standard InChI is InChI=1S/C16H17F3N4O3/c1-2-8-23(10-14(24)21-13-7-9-26-22-13)15(25)20-12-6-4-3-5-11(12)16(17,18)19/h3-7,9H,2,8,10H2,1H3,(H,20,25)(H,21,22,24). The lowest BCUT2D eigenvalue weighted by molar-refractivity contribution is -0.137. The third kappa shape index (κ3) is 5.23. The molecule has 1 heterocycles. The van der Waals surface area contributed by atoms with Gasteiger partial charge in [-0.2, -0.15) is 13.2 Å². The van der Waals surface area contributed by atoms with Crippen LogP contribution in [0, 0.1) is 0 Å². The number of carbonyl (C=O) groups is 2. The van der Waals surface area contributed by atoms with Crippen molar-refractivity contribution in [3.63, 3.8) is 0 Å². The highest BCUT2D eigenvalue weighted by Gasteiger charge is 2.34. The highest BCUT2D eigenvalue weighted by Crippen LogP contribution is 2.34. The van der Waals surface area contributed by atoms with Gasteiger partial charge < -0.3 is 20.1 Å². The third-order valence-electron chi connectivity index (χ3n) is 3.29. The second kappa shape index (κ2) is 8.37. The minimum atomic E-state index is -4.61. The lowest BCUT2D eigenvalue weighted by Crippen LogP contribution is -2.41. The molecule has 2 aromatic rings. The van der Waals surface area contributed by atoms with Crippen LogP contribution in [0.15, 0.2) is 41.1 Å². The quantitative estimate of drug-likeness (QED) is 0.814. The average Bonchev–Trinajstić information content (AvgIpc) is 3.06. The second-order valence-corrected chi connectivity index (χ2v) is 5.33. The van der Waals surface area contributed by atoms with Crippen molar-refractivity contribution in [2.45, 2.75) is 19.5 Å². The van der Waals surface area contributed by atoms with Crippen molar-refractivity contribution >= 4 is 23.4 Å². The number of rotatable bonds is 6. The second-order valence-electron chi connectivity index (χ2n) is 5.33. The number of aromatic nitrogens is 1. The summed E-state index contributed by atoms with van der Waals surface area (Å²) in [6.45, 7) is 1.62. The number of anilines is 2. The number of amides is 3. The summed E-state index contributed by atoms with van der Waals surface area (Å²) in [6.07, 6.45) is -2.82. The fraction of sp³-hybridized carbons (Fsp3) is 0.312. The van der Waals surface area contributed by atoms with Gasteiger partial charge in [0.1, 0.15) is 12.8 Å². The molecule has 0 saturated carbocycles. The molecule has 0 radical (unpaired) electrons. The van der Waals surface area contributed by atoms with Crippen LogP contribution in [0.2, 0.25) is 0 Å². The number of hydrogen-bond acceptors (Lipinski definition) is 4. The van der Waals surface area contributed by atoms with Gasteiger partial charge in [-0.3, -0.25) is 4.79 Å². The number of benzene rings is 1. The molecular formula is C16H17F3N4O3. The smallest absolute Gasteiger partial charge is 0.363 e. The van der Waals surface area contributed by atoms with Gasteiger partial charge in [0, 0.05) is 12.6 Å². The lowest BCUT2D eigenvalue weighted by Gasteiger charge is -2.23. The molecule has 140 valence electrons. The van der Waals surface area contributed by atoms with E-state index in [1.165, 1.54) is 24.5 Å². The van der Waals surface area contributed by atoms with Gasteiger partial charge in [-0.05, 0) is 18.6 Å². The molecule has 0 aliphatic heterocycles. The largest absolute Gasteiger partial charge is 0.418 e. The van der Waals surface area contributed by atoms with E-state index < -0.39 is 23.7 Å². The van der Waals surface area contributed by atoms with Gasteiger partial charge in [-0.1, -0.05) is 24.2 Å². The summed E-state index contributed by atoms with van der Waals surface area (Å²) in [7, 11) is 0. The van der Waals surface area contributed by atoms with Crippen LogP contribution in [0.4, 0.5) is 29.5 Å². The molecule has 7 nitrogen and oxygen atoms in total. The lowest BCUT2D eigenvalue weighted by atomic mass is 10.1.